The molecular formula is C14H23N3O. The Balaban J connectivity index is 1.52. The molecule has 2 heterocycles. The van der Waals surface area contributed by atoms with E-state index in [0.717, 1.165) is 37.0 Å². The Morgan fingerprint density at radius 1 is 1.11 bits per heavy atom. The average Bonchev–Trinajstić information content (AvgIpc) is 3.09. The molecule has 1 aliphatic heterocycles. The lowest BCUT2D eigenvalue weighted by atomic mass is 10.0. The molecule has 1 aromatic rings. The predicted octanol–water partition coefficient (Wildman–Crippen LogP) is 3.01. The van der Waals surface area contributed by atoms with Crippen LogP contribution < -0.4 is 5.32 Å². The van der Waals surface area contributed by atoms with Crippen LogP contribution in [0.15, 0.2) is 4.52 Å². The SMILES string of the molecule is C1CCC(c2noc(CCC3CCCC3)n2)NC1. The maximum Gasteiger partial charge on any atom is 0.226 e. The van der Waals surface area contributed by atoms with Crippen LogP contribution in [0.4, 0.5) is 0 Å². The molecule has 1 saturated heterocycles. The Labute approximate surface area is 109 Å². The van der Waals surface area contributed by atoms with Crippen LogP contribution in [0, 0.1) is 5.92 Å². The van der Waals surface area contributed by atoms with Gasteiger partial charge in [0.1, 0.15) is 0 Å². The van der Waals surface area contributed by atoms with Crippen molar-refractivity contribution in [2.75, 3.05) is 6.54 Å². The topological polar surface area (TPSA) is 51.0 Å². The zero-order valence-electron chi connectivity index (χ0n) is 11.0. The second-order valence-corrected chi connectivity index (χ2v) is 5.74. The quantitative estimate of drug-likeness (QED) is 0.891. The van der Waals surface area contributed by atoms with E-state index in [2.05, 4.69) is 15.5 Å². The molecule has 1 N–H and O–H groups in total. The standard InChI is InChI=1S/C14H23N3O/c1-2-6-11(5-1)8-9-13-16-14(17-18-13)12-7-3-4-10-15-12/h11-12,15H,1-10H2. The van der Waals surface area contributed by atoms with Gasteiger partial charge in [-0.25, -0.2) is 0 Å². The molecule has 2 aliphatic rings. The molecule has 1 saturated carbocycles. The maximum atomic E-state index is 5.38. The summed E-state index contributed by atoms with van der Waals surface area (Å²) in [5.74, 6) is 2.61. The summed E-state index contributed by atoms with van der Waals surface area (Å²) in [4.78, 5) is 4.55. The van der Waals surface area contributed by atoms with Crippen LogP contribution in [0.25, 0.3) is 0 Å². The van der Waals surface area contributed by atoms with Crippen LogP contribution in [-0.2, 0) is 6.42 Å². The molecule has 3 rings (SSSR count). The summed E-state index contributed by atoms with van der Waals surface area (Å²) in [6.45, 7) is 1.08. The number of piperidine rings is 1. The third kappa shape index (κ3) is 2.91. The minimum Gasteiger partial charge on any atom is -0.339 e. The van der Waals surface area contributed by atoms with Gasteiger partial charge in [-0.3, -0.25) is 0 Å². The number of hydrogen-bond acceptors (Lipinski definition) is 4. The van der Waals surface area contributed by atoms with Gasteiger partial charge >= 0.3 is 0 Å². The Bertz CT molecular complexity index is 365. The Hall–Kier alpha value is -0.900. The first-order valence-electron chi connectivity index (χ1n) is 7.47. The largest absolute Gasteiger partial charge is 0.339 e. The fraction of sp³-hybridized carbons (Fsp3) is 0.857. The predicted molar refractivity (Wildman–Crippen MR) is 69.2 cm³/mol. The van der Waals surface area contributed by atoms with Crippen molar-refractivity contribution in [1.82, 2.24) is 15.5 Å². The first kappa shape index (κ1) is 12.2. The van der Waals surface area contributed by atoms with E-state index in [-0.39, 0.29) is 0 Å². The van der Waals surface area contributed by atoms with Gasteiger partial charge < -0.3 is 9.84 Å². The molecule has 0 spiro atoms. The summed E-state index contributed by atoms with van der Waals surface area (Å²) in [7, 11) is 0. The molecule has 100 valence electrons. The van der Waals surface area contributed by atoms with Gasteiger partial charge in [-0.15, -0.1) is 0 Å². The molecule has 0 amide bonds. The van der Waals surface area contributed by atoms with Crippen LogP contribution in [0.2, 0.25) is 0 Å². The van der Waals surface area contributed by atoms with Gasteiger partial charge in [0.15, 0.2) is 5.82 Å². The zero-order chi connectivity index (χ0) is 12.2. The van der Waals surface area contributed by atoms with Crippen molar-refractivity contribution in [1.29, 1.82) is 0 Å². The molecule has 2 fully saturated rings. The van der Waals surface area contributed by atoms with Gasteiger partial charge in [0.25, 0.3) is 0 Å². The van der Waals surface area contributed by atoms with E-state index >= 15 is 0 Å². The molecule has 0 aromatic carbocycles. The minimum absolute atomic E-state index is 0.322. The molecule has 4 nitrogen and oxygen atoms in total. The Kier molecular flexibility index (Phi) is 3.93. The maximum absolute atomic E-state index is 5.38. The molecule has 4 heteroatoms. The van der Waals surface area contributed by atoms with Crippen molar-refractivity contribution in [2.45, 2.75) is 63.8 Å². The van der Waals surface area contributed by atoms with Gasteiger partial charge in [-0.1, -0.05) is 37.3 Å². The van der Waals surface area contributed by atoms with Crippen molar-refractivity contribution >= 4 is 0 Å². The number of nitrogens with one attached hydrogen (secondary N) is 1. The summed E-state index contributed by atoms with van der Waals surface area (Å²) in [6.07, 6.45) is 11.5. The van der Waals surface area contributed by atoms with Crippen LogP contribution in [0.5, 0.6) is 0 Å². The summed E-state index contributed by atoms with van der Waals surface area (Å²) in [6, 6.07) is 0.322. The van der Waals surface area contributed by atoms with Crippen LogP contribution in [0.1, 0.15) is 69.1 Å². The van der Waals surface area contributed by atoms with E-state index in [1.807, 2.05) is 0 Å². The van der Waals surface area contributed by atoms with Gasteiger partial charge in [-0.2, -0.15) is 4.98 Å². The average molecular weight is 249 g/mol. The highest BCUT2D eigenvalue weighted by atomic mass is 16.5. The minimum atomic E-state index is 0.322. The third-order valence-electron chi connectivity index (χ3n) is 4.35. The molecule has 0 radical (unpaired) electrons. The van der Waals surface area contributed by atoms with Crippen molar-refractivity contribution in [3.8, 4) is 0 Å². The lowest BCUT2D eigenvalue weighted by Gasteiger charge is -2.19. The van der Waals surface area contributed by atoms with E-state index in [4.69, 9.17) is 4.52 Å². The Morgan fingerprint density at radius 2 is 1.94 bits per heavy atom. The van der Waals surface area contributed by atoms with Crippen LogP contribution in [0.3, 0.4) is 0 Å². The summed E-state index contributed by atoms with van der Waals surface area (Å²) in [5.41, 5.74) is 0. The first-order chi connectivity index (χ1) is 8.92. The second-order valence-electron chi connectivity index (χ2n) is 5.74. The van der Waals surface area contributed by atoms with E-state index in [9.17, 15) is 0 Å². The van der Waals surface area contributed by atoms with Crippen molar-refractivity contribution in [2.24, 2.45) is 5.92 Å². The van der Waals surface area contributed by atoms with Crippen LogP contribution in [-0.4, -0.2) is 16.7 Å². The van der Waals surface area contributed by atoms with E-state index in [0.29, 0.717) is 6.04 Å². The van der Waals surface area contributed by atoms with E-state index in [1.54, 1.807) is 0 Å². The molecule has 1 atom stereocenters. The molecular weight excluding hydrogens is 226 g/mol. The fourth-order valence-electron chi connectivity index (χ4n) is 3.21. The van der Waals surface area contributed by atoms with Gasteiger partial charge in [0.2, 0.25) is 5.89 Å². The summed E-state index contributed by atoms with van der Waals surface area (Å²) >= 11 is 0. The number of hydrogen-bond donors (Lipinski definition) is 1. The highest BCUT2D eigenvalue weighted by molar-refractivity contribution is 4.96. The molecule has 18 heavy (non-hydrogen) atoms. The van der Waals surface area contributed by atoms with Crippen molar-refractivity contribution in [3.05, 3.63) is 11.7 Å². The summed E-state index contributed by atoms with van der Waals surface area (Å²) < 4.78 is 5.38. The second kappa shape index (κ2) is 5.83. The lowest BCUT2D eigenvalue weighted by Crippen LogP contribution is -2.27. The monoisotopic (exact) mass is 249 g/mol. The Morgan fingerprint density at radius 3 is 2.72 bits per heavy atom. The van der Waals surface area contributed by atoms with E-state index in [1.165, 1.54) is 44.9 Å². The normalized spacial score (nSPS) is 25.7. The highest BCUT2D eigenvalue weighted by Gasteiger charge is 2.21. The number of aryl methyl sites for hydroxylation is 1. The lowest BCUT2D eigenvalue weighted by molar-refractivity contribution is 0.341. The molecule has 0 bridgehead atoms. The fourth-order valence-corrected chi connectivity index (χ4v) is 3.21. The van der Waals surface area contributed by atoms with E-state index < -0.39 is 0 Å². The molecule has 1 aromatic heterocycles. The highest BCUT2D eigenvalue weighted by Crippen LogP contribution is 2.28. The number of aromatic nitrogens is 2. The van der Waals surface area contributed by atoms with Crippen molar-refractivity contribution < 1.29 is 4.52 Å². The third-order valence-corrected chi connectivity index (χ3v) is 4.35. The van der Waals surface area contributed by atoms with Gasteiger partial charge in [0.05, 0.1) is 6.04 Å². The van der Waals surface area contributed by atoms with Gasteiger partial charge in [0, 0.05) is 6.42 Å². The summed E-state index contributed by atoms with van der Waals surface area (Å²) in [5, 5.41) is 7.60. The smallest absolute Gasteiger partial charge is 0.226 e. The van der Waals surface area contributed by atoms with Crippen LogP contribution >= 0.6 is 0 Å². The van der Waals surface area contributed by atoms with Gasteiger partial charge in [-0.05, 0) is 31.7 Å². The molecule has 1 aliphatic carbocycles. The number of nitrogens with zero attached hydrogens (tertiary/aromatic N) is 2. The molecule has 1 unspecified atom stereocenters. The van der Waals surface area contributed by atoms with Crippen molar-refractivity contribution in [3.63, 3.8) is 0 Å². The number of rotatable bonds is 4. The first-order valence-corrected chi connectivity index (χ1v) is 7.47. The zero-order valence-corrected chi connectivity index (χ0v) is 11.0.